The third-order valence-corrected chi connectivity index (χ3v) is 9.71. The molecule has 5 fully saturated rings. The summed E-state index contributed by atoms with van der Waals surface area (Å²) >= 11 is 5.74. The van der Waals surface area contributed by atoms with E-state index in [9.17, 15) is 18.0 Å². The number of hydrogen-bond donors (Lipinski definition) is 1. The Morgan fingerprint density at radius 1 is 1.10 bits per heavy atom. The van der Waals surface area contributed by atoms with Crippen LogP contribution in [0.4, 0.5) is 30.5 Å². The molecular formula is C28H33ClF3N5O3. The van der Waals surface area contributed by atoms with Gasteiger partial charge in [-0.2, -0.15) is 13.2 Å². The van der Waals surface area contributed by atoms with Crippen LogP contribution in [0.1, 0.15) is 37.7 Å². The lowest BCUT2D eigenvalue weighted by atomic mass is 9.47. The summed E-state index contributed by atoms with van der Waals surface area (Å²) in [6, 6.07) is 6.20. The molecule has 7 rings (SSSR count). The molecule has 1 aromatic carbocycles. The second-order valence-corrected chi connectivity index (χ2v) is 12.0. The molecule has 0 spiro atoms. The van der Waals surface area contributed by atoms with E-state index in [0.717, 1.165) is 51.1 Å². The molecule has 1 aliphatic heterocycles. The number of benzene rings is 1. The van der Waals surface area contributed by atoms with Crippen LogP contribution >= 0.6 is 11.6 Å². The molecular weight excluding hydrogens is 547 g/mol. The predicted octanol–water partition coefficient (Wildman–Crippen LogP) is 5.39. The number of aromatic nitrogens is 2. The van der Waals surface area contributed by atoms with E-state index in [1.165, 1.54) is 27.1 Å². The number of esters is 1. The SMILES string of the molecule is COc1cc(N2CCN([C@H]3C4CC5CC3C[C@@](C(=O)OC)(C5)C4)CC2)ccc1Nc1ncc(C(F)(F)F)c(Cl)n1. The van der Waals surface area contributed by atoms with E-state index >= 15 is 0 Å². The van der Waals surface area contributed by atoms with Crippen LogP contribution in [-0.2, 0) is 15.7 Å². The van der Waals surface area contributed by atoms with E-state index in [4.69, 9.17) is 21.1 Å². The molecule has 0 radical (unpaired) electrons. The van der Waals surface area contributed by atoms with Crippen LogP contribution in [0, 0.1) is 23.2 Å². The minimum atomic E-state index is -4.62. The van der Waals surface area contributed by atoms with Gasteiger partial charge in [-0.15, -0.1) is 0 Å². The molecule has 1 N–H and O–H groups in total. The molecule has 4 bridgehead atoms. The highest BCUT2D eigenvalue weighted by atomic mass is 35.5. The number of methoxy groups -OCH3 is 2. The monoisotopic (exact) mass is 579 g/mol. The Hall–Kier alpha value is -2.79. The lowest BCUT2D eigenvalue weighted by Gasteiger charge is -2.61. The highest BCUT2D eigenvalue weighted by molar-refractivity contribution is 6.30. The third-order valence-electron chi connectivity index (χ3n) is 9.42. The number of anilines is 3. The zero-order valence-corrected chi connectivity index (χ0v) is 23.3. The summed E-state index contributed by atoms with van der Waals surface area (Å²) in [7, 11) is 3.06. The first-order chi connectivity index (χ1) is 19.1. The summed E-state index contributed by atoms with van der Waals surface area (Å²) in [5, 5.41) is 2.24. The van der Waals surface area contributed by atoms with Gasteiger partial charge in [0.05, 0.1) is 25.3 Å². The van der Waals surface area contributed by atoms with Gasteiger partial charge in [0.1, 0.15) is 16.5 Å². The van der Waals surface area contributed by atoms with E-state index in [1.54, 1.807) is 6.07 Å². The number of nitrogens with zero attached hydrogens (tertiary/aromatic N) is 4. The van der Waals surface area contributed by atoms with Gasteiger partial charge in [-0.1, -0.05) is 11.6 Å². The molecule has 4 saturated carbocycles. The van der Waals surface area contributed by atoms with Gasteiger partial charge in [-0.3, -0.25) is 9.69 Å². The van der Waals surface area contributed by atoms with Crippen LogP contribution in [0.15, 0.2) is 24.4 Å². The van der Waals surface area contributed by atoms with Crippen molar-refractivity contribution in [2.75, 3.05) is 50.6 Å². The average Bonchev–Trinajstić information content (AvgIpc) is 2.92. The molecule has 4 aliphatic carbocycles. The largest absolute Gasteiger partial charge is 0.494 e. The van der Waals surface area contributed by atoms with Crippen molar-refractivity contribution in [1.29, 1.82) is 0 Å². The highest BCUT2D eigenvalue weighted by Crippen LogP contribution is 2.61. The summed E-state index contributed by atoms with van der Waals surface area (Å²) in [6.45, 7) is 3.64. The van der Waals surface area contributed by atoms with Crippen molar-refractivity contribution in [3.8, 4) is 5.75 Å². The Kier molecular flexibility index (Phi) is 7.01. The number of hydrogen-bond acceptors (Lipinski definition) is 8. The summed E-state index contributed by atoms with van der Waals surface area (Å²) < 4.78 is 49.7. The first kappa shape index (κ1) is 27.4. The van der Waals surface area contributed by atoms with Crippen LogP contribution in [0.2, 0.25) is 5.15 Å². The molecule has 12 heteroatoms. The minimum absolute atomic E-state index is 0.00460. The van der Waals surface area contributed by atoms with Gasteiger partial charge in [-0.05, 0) is 62.0 Å². The van der Waals surface area contributed by atoms with Gasteiger partial charge in [0.25, 0.3) is 0 Å². The first-order valence-corrected chi connectivity index (χ1v) is 14.1. The molecule has 2 aromatic rings. The maximum atomic E-state index is 13.0. The summed E-state index contributed by atoms with van der Waals surface area (Å²) in [5.41, 5.74) is 0.182. The van der Waals surface area contributed by atoms with Crippen molar-refractivity contribution in [2.45, 2.75) is 44.3 Å². The Morgan fingerprint density at radius 3 is 2.40 bits per heavy atom. The summed E-state index contributed by atoms with van der Waals surface area (Å²) in [5.74, 6) is 2.23. The fourth-order valence-electron chi connectivity index (χ4n) is 8.05. The lowest BCUT2D eigenvalue weighted by Crippen LogP contribution is -2.63. The van der Waals surface area contributed by atoms with Crippen LogP contribution in [0.5, 0.6) is 5.75 Å². The zero-order chi connectivity index (χ0) is 28.2. The summed E-state index contributed by atoms with van der Waals surface area (Å²) in [4.78, 5) is 25.2. The molecule has 2 atom stereocenters. The van der Waals surface area contributed by atoms with Crippen molar-refractivity contribution >= 4 is 34.9 Å². The van der Waals surface area contributed by atoms with E-state index in [1.807, 2.05) is 12.1 Å². The third kappa shape index (κ3) is 4.85. The number of carbonyl (C=O) groups is 1. The number of rotatable bonds is 6. The van der Waals surface area contributed by atoms with E-state index < -0.39 is 16.9 Å². The van der Waals surface area contributed by atoms with Crippen molar-refractivity contribution < 1.29 is 27.4 Å². The number of ether oxygens (including phenoxy) is 2. The second-order valence-electron chi connectivity index (χ2n) is 11.7. The zero-order valence-electron chi connectivity index (χ0n) is 22.5. The molecule has 216 valence electrons. The molecule has 0 amide bonds. The van der Waals surface area contributed by atoms with Crippen molar-refractivity contribution in [2.24, 2.45) is 23.2 Å². The maximum absolute atomic E-state index is 13.0. The lowest BCUT2D eigenvalue weighted by molar-refractivity contribution is -0.176. The number of alkyl halides is 3. The maximum Gasteiger partial charge on any atom is 0.420 e. The van der Waals surface area contributed by atoms with Crippen LogP contribution in [-0.4, -0.2) is 67.3 Å². The van der Waals surface area contributed by atoms with Gasteiger partial charge in [0.2, 0.25) is 5.95 Å². The average molecular weight is 580 g/mol. The highest BCUT2D eigenvalue weighted by Gasteiger charge is 2.60. The van der Waals surface area contributed by atoms with Gasteiger partial charge in [0.15, 0.2) is 0 Å². The molecule has 40 heavy (non-hydrogen) atoms. The molecule has 8 nitrogen and oxygen atoms in total. The minimum Gasteiger partial charge on any atom is -0.494 e. The fraction of sp³-hybridized carbons (Fsp3) is 0.607. The van der Waals surface area contributed by atoms with Gasteiger partial charge in [0, 0.05) is 50.2 Å². The Bertz CT molecular complexity index is 1270. The van der Waals surface area contributed by atoms with Gasteiger partial charge in [-0.25, -0.2) is 9.97 Å². The van der Waals surface area contributed by atoms with Crippen molar-refractivity contribution in [3.63, 3.8) is 0 Å². The number of halogens is 4. The van der Waals surface area contributed by atoms with E-state index in [0.29, 0.717) is 41.4 Å². The number of carbonyl (C=O) groups excluding carboxylic acids is 1. The van der Waals surface area contributed by atoms with Crippen LogP contribution < -0.4 is 15.0 Å². The topological polar surface area (TPSA) is 79.8 Å². The normalized spacial score (nSPS) is 29.9. The van der Waals surface area contributed by atoms with E-state index in [-0.39, 0.29) is 17.3 Å². The fourth-order valence-corrected chi connectivity index (χ4v) is 8.29. The first-order valence-electron chi connectivity index (χ1n) is 13.7. The van der Waals surface area contributed by atoms with Gasteiger partial charge < -0.3 is 19.7 Å². The van der Waals surface area contributed by atoms with Crippen LogP contribution in [0.3, 0.4) is 0 Å². The summed E-state index contributed by atoms with van der Waals surface area (Å²) in [6.07, 6.45) is 1.39. The Morgan fingerprint density at radius 2 is 1.80 bits per heavy atom. The van der Waals surface area contributed by atoms with Crippen molar-refractivity contribution in [1.82, 2.24) is 14.9 Å². The predicted molar refractivity (Wildman–Crippen MR) is 144 cm³/mol. The Balaban J connectivity index is 1.11. The number of piperazine rings is 1. The smallest absolute Gasteiger partial charge is 0.420 e. The quantitative estimate of drug-likeness (QED) is 0.360. The van der Waals surface area contributed by atoms with Gasteiger partial charge >= 0.3 is 12.1 Å². The van der Waals surface area contributed by atoms with Crippen molar-refractivity contribution in [3.05, 3.63) is 35.1 Å². The van der Waals surface area contributed by atoms with Crippen LogP contribution in [0.25, 0.3) is 0 Å². The molecule has 1 aromatic heterocycles. The molecule has 2 heterocycles. The molecule has 2 unspecified atom stereocenters. The Labute approximate surface area is 236 Å². The van der Waals surface area contributed by atoms with E-state index in [2.05, 4.69) is 25.1 Å². The molecule has 5 aliphatic rings. The second kappa shape index (κ2) is 10.2. The number of nitrogens with one attached hydrogen (secondary N) is 1. The molecule has 1 saturated heterocycles. The standard InChI is InChI=1S/C28H33ClF3N5O3/c1-39-22-11-19(3-4-21(22)34-26-33-15-20(24(29)35-26)28(30,31)32)36-5-7-37(8-6-36)23-17-9-16-10-18(23)14-27(12-16,13-17)25(38)40-2/h3-4,11,15-18,23H,5-10,12-14H2,1-2H3,(H,33,34,35)/t16?,17?,18?,23-,27+.